The number of rotatable bonds is 7. The first-order chi connectivity index (χ1) is 19.3. The van der Waals surface area contributed by atoms with Crippen LogP contribution in [0, 0.1) is 19.7 Å². The van der Waals surface area contributed by atoms with Crippen molar-refractivity contribution in [3.05, 3.63) is 76.1 Å². The summed E-state index contributed by atoms with van der Waals surface area (Å²) in [7, 11) is 1.38. The van der Waals surface area contributed by atoms with E-state index in [9.17, 15) is 9.90 Å². The number of carbonyl (C=O) groups is 1. The molecule has 3 aromatic rings. The van der Waals surface area contributed by atoms with Crippen LogP contribution in [0.3, 0.4) is 0 Å². The summed E-state index contributed by atoms with van der Waals surface area (Å²) in [5, 5.41) is 9.85. The number of carbonyl (C=O) groups excluding carboxylic acids is 1. The molecule has 40 heavy (non-hydrogen) atoms. The molecule has 1 fully saturated rings. The standard InChI is InChI=1S/C33H35FO6/c1-18-12-24(39-22-5-4-21(35)15-22)13-19(2)32(18)26-8-10-28(34)33-27(26)9-11-29(33)40-23-6-7-25-20(14-31(36)37-3)17-38-30(25)16-23/h6-8,10,12-13,16,20-22,29,35H,4-5,9,11,14-15,17H2,1-3H3/t20-,21+,22-,29-/m1/s1. The number of aliphatic hydroxyl groups excluding tert-OH is 1. The maximum Gasteiger partial charge on any atom is 0.306 e. The molecule has 4 atom stereocenters. The largest absolute Gasteiger partial charge is 0.492 e. The quantitative estimate of drug-likeness (QED) is 0.341. The van der Waals surface area contributed by atoms with Gasteiger partial charge in [0.2, 0.25) is 0 Å². The number of hydrogen-bond donors (Lipinski definition) is 1. The molecule has 1 aliphatic heterocycles. The second kappa shape index (κ2) is 10.8. The molecule has 1 N–H and O–H groups in total. The summed E-state index contributed by atoms with van der Waals surface area (Å²) in [6, 6.07) is 13.1. The Balaban J connectivity index is 1.24. The first-order valence-electron chi connectivity index (χ1n) is 14.1. The molecule has 0 bridgehead atoms. The molecule has 210 valence electrons. The van der Waals surface area contributed by atoms with Crippen LogP contribution in [0.5, 0.6) is 17.2 Å². The van der Waals surface area contributed by atoms with E-state index in [4.69, 9.17) is 18.9 Å². The summed E-state index contributed by atoms with van der Waals surface area (Å²) in [5.41, 5.74) is 6.83. The van der Waals surface area contributed by atoms with Crippen molar-refractivity contribution in [1.29, 1.82) is 0 Å². The SMILES string of the molecule is COC(=O)C[C@@H]1COc2cc(O[C@@H]3CCc4c(-c5c(C)cc(O[C@@H]6CC[C@H](O)C6)cc5C)ccc(F)c43)ccc21. The molecule has 2 aliphatic carbocycles. The average Bonchev–Trinajstić information content (AvgIpc) is 3.64. The summed E-state index contributed by atoms with van der Waals surface area (Å²) in [6.07, 6.45) is 3.31. The Morgan fingerprint density at radius 1 is 1.02 bits per heavy atom. The van der Waals surface area contributed by atoms with Gasteiger partial charge in [0, 0.05) is 29.5 Å². The molecular formula is C33H35FO6. The van der Waals surface area contributed by atoms with Gasteiger partial charge in [-0.1, -0.05) is 12.1 Å². The van der Waals surface area contributed by atoms with Gasteiger partial charge < -0.3 is 24.1 Å². The van der Waals surface area contributed by atoms with Gasteiger partial charge in [-0.3, -0.25) is 4.79 Å². The Bertz CT molecular complexity index is 1430. The van der Waals surface area contributed by atoms with Crippen LogP contribution in [0.2, 0.25) is 0 Å². The minimum atomic E-state index is -0.405. The Kier molecular flexibility index (Phi) is 7.17. The van der Waals surface area contributed by atoms with E-state index >= 15 is 4.39 Å². The highest BCUT2D eigenvalue weighted by molar-refractivity contribution is 5.76. The zero-order valence-corrected chi connectivity index (χ0v) is 23.2. The van der Waals surface area contributed by atoms with Gasteiger partial charge in [0.05, 0.1) is 26.2 Å². The molecule has 0 amide bonds. The number of hydrogen-bond acceptors (Lipinski definition) is 6. The maximum absolute atomic E-state index is 15.3. The molecule has 0 radical (unpaired) electrons. The number of benzene rings is 3. The van der Waals surface area contributed by atoms with E-state index in [0.717, 1.165) is 52.0 Å². The van der Waals surface area contributed by atoms with Crippen LogP contribution >= 0.6 is 0 Å². The molecule has 0 saturated heterocycles. The van der Waals surface area contributed by atoms with Gasteiger partial charge in [0.1, 0.15) is 35.3 Å². The number of esters is 1. The van der Waals surface area contributed by atoms with Gasteiger partial charge in [-0.15, -0.1) is 0 Å². The Morgan fingerprint density at radius 3 is 2.55 bits per heavy atom. The molecule has 1 heterocycles. The van der Waals surface area contributed by atoms with E-state index in [0.29, 0.717) is 42.9 Å². The molecule has 3 aromatic carbocycles. The fraction of sp³-hybridized carbons (Fsp3) is 0.424. The van der Waals surface area contributed by atoms with E-state index in [1.807, 2.05) is 36.4 Å². The second-order valence-electron chi connectivity index (χ2n) is 11.3. The molecule has 6 nitrogen and oxygen atoms in total. The highest BCUT2D eigenvalue weighted by atomic mass is 19.1. The fourth-order valence-electron chi connectivity index (χ4n) is 6.61. The van der Waals surface area contributed by atoms with Crippen molar-refractivity contribution in [3.63, 3.8) is 0 Å². The number of ether oxygens (including phenoxy) is 4. The van der Waals surface area contributed by atoms with Crippen LogP contribution in [-0.2, 0) is 16.0 Å². The highest BCUT2D eigenvalue weighted by Crippen LogP contribution is 2.45. The number of methoxy groups -OCH3 is 1. The number of aliphatic hydroxyl groups is 1. The predicted octanol–water partition coefficient (Wildman–Crippen LogP) is 6.51. The van der Waals surface area contributed by atoms with Gasteiger partial charge in [-0.25, -0.2) is 4.39 Å². The van der Waals surface area contributed by atoms with E-state index in [1.165, 1.54) is 7.11 Å². The minimum Gasteiger partial charge on any atom is -0.492 e. The smallest absolute Gasteiger partial charge is 0.306 e. The van der Waals surface area contributed by atoms with Crippen LogP contribution in [0.1, 0.15) is 71.9 Å². The third kappa shape index (κ3) is 5.03. The summed E-state index contributed by atoms with van der Waals surface area (Å²) in [4.78, 5) is 11.7. The van der Waals surface area contributed by atoms with E-state index in [1.54, 1.807) is 6.07 Å². The van der Waals surface area contributed by atoms with Crippen molar-refractivity contribution in [2.45, 2.75) is 76.6 Å². The predicted molar refractivity (Wildman–Crippen MR) is 149 cm³/mol. The van der Waals surface area contributed by atoms with Gasteiger partial charge >= 0.3 is 5.97 Å². The molecule has 0 unspecified atom stereocenters. The first kappa shape index (κ1) is 26.6. The Morgan fingerprint density at radius 2 is 1.82 bits per heavy atom. The summed E-state index contributed by atoms with van der Waals surface area (Å²) >= 11 is 0. The lowest BCUT2D eigenvalue weighted by Gasteiger charge is -2.20. The minimum absolute atomic E-state index is 0.0379. The molecular weight excluding hydrogens is 511 g/mol. The normalized spacial score (nSPS) is 22.9. The lowest BCUT2D eigenvalue weighted by molar-refractivity contribution is -0.141. The van der Waals surface area contributed by atoms with Gasteiger partial charge in [0.15, 0.2) is 0 Å². The van der Waals surface area contributed by atoms with Crippen molar-refractivity contribution in [2.75, 3.05) is 13.7 Å². The Hall–Kier alpha value is -3.58. The summed E-state index contributed by atoms with van der Waals surface area (Å²) < 4.78 is 38.5. The van der Waals surface area contributed by atoms with Crippen LogP contribution < -0.4 is 14.2 Å². The average molecular weight is 547 g/mol. The first-order valence-corrected chi connectivity index (χ1v) is 14.1. The van der Waals surface area contributed by atoms with Crippen molar-refractivity contribution < 1.29 is 33.2 Å². The van der Waals surface area contributed by atoms with Crippen molar-refractivity contribution >= 4 is 5.97 Å². The topological polar surface area (TPSA) is 74.2 Å². The Labute approximate surface area is 234 Å². The van der Waals surface area contributed by atoms with E-state index < -0.39 is 6.10 Å². The van der Waals surface area contributed by atoms with Gasteiger partial charge in [0.25, 0.3) is 0 Å². The lowest BCUT2D eigenvalue weighted by Crippen LogP contribution is -2.13. The molecule has 0 spiro atoms. The molecule has 3 aliphatic rings. The third-order valence-corrected chi connectivity index (χ3v) is 8.50. The van der Waals surface area contributed by atoms with Crippen LogP contribution in [0.25, 0.3) is 11.1 Å². The van der Waals surface area contributed by atoms with E-state index in [-0.39, 0.29) is 36.3 Å². The lowest BCUT2D eigenvalue weighted by atomic mass is 9.90. The number of halogens is 1. The molecule has 7 heteroatoms. The van der Waals surface area contributed by atoms with Gasteiger partial charge in [-0.05, 0) is 91.6 Å². The molecule has 1 saturated carbocycles. The summed E-state index contributed by atoms with van der Waals surface area (Å²) in [6.45, 7) is 4.55. The second-order valence-corrected chi connectivity index (χ2v) is 11.3. The fourth-order valence-corrected chi connectivity index (χ4v) is 6.61. The monoisotopic (exact) mass is 546 g/mol. The van der Waals surface area contributed by atoms with Crippen LogP contribution in [0.15, 0.2) is 42.5 Å². The van der Waals surface area contributed by atoms with E-state index in [2.05, 4.69) is 13.8 Å². The van der Waals surface area contributed by atoms with Crippen LogP contribution in [-0.4, -0.2) is 37.0 Å². The number of fused-ring (bicyclic) bond motifs is 2. The molecule has 6 rings (SSSR count). The van der Waals surface area contributed by atoms with Gasteiger partial charge in [-0.2, -0.15) is 0 Å². The summed E-state index contributed by atoms with van der Waals surface area (Å²) in [5.74, 6) is 1.55. The maximum atomic E-state index is 15.3. The third-order valence-electron chi connectivity index (χ3n) is 8.50. The van der Waals surface area contributed by atoms with Crippen molar-refractivity contribution in [3.8, 4) is 28.4 Å². The highest BCUT2D eigenvalue weighted by Gasteiger charge is 2.32. The van der Waals surface area contributed by atoms with Crippen molar-refractivity contribution in [1.82, 2.24) is 0 Å². The van der Waals surface area contributed by atoms with Crippen LogP contribution in [0.4, 0.5) is 4.39 Å². The van der Waals surface area contributed by atoms with Crippen molar-refractivity contribution in [2.24, 2.45) is 0 Å². The number of aryl methyl sites for hydroxylation is 2. The zero-order valence-electron chi connectivity index (χ0n) is 23.2. The zero-order chi connectivity index (χ0) is 28.0. The molecule has 0 aromatic heterocycles.